The number of hydrogen-bond donors (Lipinski definition) is 0. The van der Waals surface area contributed by atoms with Gasteiger partial charge < -0.3 is 23.7 Å². The third-order valence-electron chi connectivity index (χ3n) is 7.59. The van der Waals surface area contributed by atoms with Crippen LogP contribution in [0.5, 0.6) is 0 Å². The molecule has 0 spiro atoms. The van der Waals surface area contributed by atoms with E-state index in [2.05, 4.69) is 48.8 Å². The Bertz CT molecular complexity index is 1280. The SMILES string of the molecule is C=N/C=C\C(CN(CCN(C)Cc1cn(C[C@H]2O[C@@H]3OC(C)(C)O[C@@H]3[C@H]3OC(C)(C)O[C@H]32)nn1)Cc1ccccn1)=N/C. The summed E-state index contributed by atoms with van der Waals surface area (Å²) < 4.78 is 32.8. The summed E-state index contributed by atoms with van der Waals surface area (Å²) in [7, 11) is 3.87. The number of aromatic nitrogens is 4. The van der Waals surface area contributed by atoms with Gasteiger partial charge in [0.25, 0.3) is 0 Å². The lowest BCUT2D eigenvalue weighted by Crippen LogP contribution is -2.56. The summed E-state index contributed by atoms with van der Waals surface area (Å²) >= 11 is 0. The van der Waals surface area contributed by atoms with E-state index < -0.39 is 17.9 Å². The first-order valence-electron chi connectivity index (χ1n) is 14.7. The number of rotatable bonds is 13. The summed E-state index contributed by atoms with van der Waals surface area (Å²) in [5.74, 6) is -1.50. The minimum Gasteiger partial charge on any atom is -0.342 e. The molecule has 3 fully saturated rings. The highest BCUT2D eigenvalue weighted by Crippen LogP contribution is 2.44. The van der Waals surface area contributed by atoms with Crippen molar-refractivity contribution in [3.05, 3.63) is 54.3 Å². The number of pyridine rings is 1. The van der Waals surface area contributed by atoms with Crippen LogP contribution in [0, 0.1) is 0 Å². The Hall–Kier alpha value is -2.91. The summed E-state index contributed by atoms with van der Waals surface area (Å²) in [6.07, 6.45) is 5.47. The fourth-order valence-corrected chi connectivity index (χ4v) is 5.69. The first kappa shape index (κ1) is 31.5. The lowest BCUT2D eigenvalue weighted by molar-refractivity contribution is -0.236. The number of hydrogen-bond acceptors (Lipinski definition) is 12. The first-order chi connectivity index (χ1) is 20.5. The first-order valence-corrected chi connectivity index (χ1v) is 14.7. The van der Waals surface area contributed by atoms with E-state index in [1.165, 1.54) is 0 Å². The van der Waals surface area contributed by atoms with Crippen LogP contribution in [0.3, 0.4) is 0 Å². The molecule has 0 aromatic carbocycles. The van der Waals surface area contributed by atoms with Crippen LogP contribution in [0.4, 0.5) is 0 Å². The molecule has 0 saturated carbocycles. The van der Waals surface area contributed by atoms with E-state index in [1.807, 2.05) is 64.4 Å². The molecule has 3 saturated heterocycles. The van der Waals surface area contributed by atoms with Crippen molar-refractivity contribution in [2.24, 2.45) is 9.98 Å². The molecule has 5 rings (SSSR count). The Balaban J connectivity index is 1.18. The zero-order chi connectivity index (χ0) is 30.6. The van der Waals surface area contributed by atoms with Gasteiger partial charge in [-0.15, -0.1) is 5.10 Å². The minimum absolute atomic E-state index is 0.300. The molecule has 13 nitrogen and oxygen atoms in total. The maximum atomic E-state index is 6.34. The van der Waals surface area contributed by atoms with Gasteiger partial charge in [-0.1, -0.05) is 11.3 Å². The summed E-state index contributed by atoms with van der Waals surface area (Å²) in [4.78, 5) is 17.3. The second kappa shape index (κ2) is 13.4. The van der Waals surface area contributed by atoms with Gasteiger partial charge in [0.1, 0.15) is 24.4 Å². The standard InChI is InChI=1S/C30H44N8O5/c1-29(2)40-25-24(39-28-27(26(25)41-29)42-30(3,4)43-28)20-38-19-23(34-35-38)16-36(7)14-15-37(17-21(32-6)11-13-31-5)18-22-10-8-9-12-33-22/h8-13,19,24-28H,5,14-18,20H2,1-4,6-7H3/b13-11-,32-21+/t24-,25+,26+,27-,28-/m1/s1. The summed E-state index contributed by atoms with van der Waals surface area (Å²) in [6, 6.07) is 5.97. The van der Waals surface area contributed by atoms with Crippen molar-refractivity contribution in [2.75, 3.05) is 33.7 Å². The van der Waals surface area contributed by atoms with Crippen LogP contribution in [-0.2, 0) is 43.3 Å². The zero-order valence-electron chi connectivity index (χ0n) is 26.0. The maximum absolute atomic E-state index is 6.34. The van der Waals surface area contributed by atoms with Crippen LogP contribution in [0.2, 0.25) is 0 Å². The van der Waals surface area contributed by atoms with Crippen LogP contribution >= 0.6 is 0 Å². The molecule has 3 aliphatic heterocycles. The number of ether oxygens (including phenoxy) is 5. The normalized spacial score (nSPS) is 28.1. The summed E-state index contributed by atoms with van der Waals surface area (Å²) in [6.45, 7) is 15.2. The van der Waals surface area contributed by atoms with E-state index in [-0.39, 0.29) is 24.4 Å². The highest BCUT2D eigenvalue weighted by molar-refractivity contribution is 5.96. The van der Waals surface area contributed by atoms with E-state index >= 15 is 0 Å². The van der Waals surface area contributed by atoms with Gasteiger partial charge in [-0.25, -0.2) is 4.68 Å². The fraction of sp³-hybridized carbons (Fsp3) is 0.633. The van der Waals surface area contributed by atoms with Gasteiger partial charge in [0.15, 0.2) is 17.9 Å². The smallest absolute Gasteiger partial charge is 0.190 e. The van der Waals surface area contributed by atoms with Crippen molar-refractivity contribution in [1.29, 1.82) is 0 Å². The van der Waals surface area contributed by atoms with E-state index in [9.17, 15) is 0 Å². The Labute approximate surface area is 253 Å². The molecule has 2 aromatic heterocycles. The molecule has 13 heteroatoms. The van der Waals surface area contributed by atoms with Crippen molar-refractivity contribution in [1.82, 2.24) is 29.8 Å². The molecule has 0 bridgehead atoms. The molecule has 0 unspecified atom stereocenters. The molecule has 234 valence electrons. The molecule has 0 aliphatic carbocycles. The third-order valence-corrected chi connectivity index (χ3v) is 7.59. The molecule has 43 heavy (non-hydrogen) atoms. The molecule has 0 amide bonds. The lowest BCUT2D eigenvalue weighted by Gasteiger charge is -2.37. The third kappa shape index (κ3) is 8.18. The number of likely N-dealkylation sites (N-methyl/N-ethyl adjacent to an activating group) is 1. The number of nitrogens with zero attached hydrogens (tertiary/aromatic N) is 8. The van der Waals surface area contributed by atoms with Crippen molar-refractivity contribution in [2.45, 2.75) is 89.6 Å². The van der Waals surface area contributed by atoms with Gasteiger partial charge in [-0.2, -0.15) is 0 Å². The Morgan fingerprint density at radius 3 is 2.53 bits per heavy atom. The molecule has 2 aromatic rings. The quantitative estimate of drug-likeness (QED) is 0.319. The van der Waals surface area contributed by atoms with Crippen molar-refractivity contribution in [3.8, 4) is 0 Å². The number of fused-ring (bicyclic) bond motifs is 3. The molecule has 3 aliphatic rings. The van der Waals surface area contributed by atoms with Gasteiger partial charge in [0.05, 0.1) is 23.6 Å². The van der Waals surface area contributed by atoms with Crippen LogP contribution in [0.25, 0.3) is 0 Å². The topological polar surface area (TPSA) is 121 Å². The van der Waals surface area contributed by atoms with Crippen LogP contribution in [0.1, 0.15) is 39.1 Å². The summed E-state index contributed by atoms with van der Waals surface area (Å²) in [5.41, 5.74) is 2.79. The van der Waals surface area contributed by atoms with Crippen molar-refractivity contribution < 1.29 is 23.7 Å². The highest BCUT2D eigenvalue weighted by atomic mass is 16.9. The Morgan fingerprint density at radius 1 is 1.02 bits per heavy atom. The van der Waals surface area contributed by atoms with Gasteiger partial charge >= 0.3 is 0 Å². The molecular weight excluding hydrogens is 552 g/mol. The van der Waals surface area contributed by atoms with Crippen LogP contribution in [-0.4, -0.2) is 118 Å². The average Bonchev–Trinajstić information content (AvgIpc) is 3.63. The maximum Gasteiger partial charge on any atom is 0.190 e. The van der Waals surface area contributed by atoms with Gasteiger partial charge in [-0.3, -0.25) is 24.8 Å². The minimum atomic E-state index is -0.756. The predicted molar refractivity (Wildman–Crippen MR) is 160 cm³/mol. The largest absolute Gasteiger partial charge is 0.342 e. The Morgan fingerprint density at radius 2 is 1.79 bits per heavy atom. The van der Waals surface area contributed by atoms with Crippen molar-refractivity contribution in [3.63, 3.8) is 0 Å². The van der Waals surface area contributed by atoms with Gasteiger partial charge in [0, 0.05) is 58.4 Å². The van der Waals surface area contributed by atoms with Crippen molar-refractivity contribution >= 4 is 12.4 Å². The van der Waals surface area contributed by atoms with Crippen LogP contribution in [0.15, 0.2) is 52.9 Å². The van der Waals surface area contributed by atoms with Gasteiger partial charge in [0.2, 0.25) is 0 Å². The second-order valence-corrected chi connectivity index (χ2v) is 12.1. The average molecular weight is 597 g/mol. The molecule has 5 heterocycles. The Kier molecular flexibility index (Phi) is 9.81. The highest BCUT2D eigenvalue weighted by Gasteiger charge is 2.60. The number of aliphatic imine (C=N–C) groups is 2. The van der Waals surface area contributed by atoms with E-state index in [0.717, 1.165) is 30.2 Å². The lowest BCUT2D eigenvalue weighted by atomic mass is 9.99. The van der Waals surface area contributed by atoms with E-state index in [4.69, 9.17) is 23.7 Å². The van der Waals surface area contributed by atoms with E-state index in [0.29, 0.717) is 26.2 Å². The van der Waals surface area contributed by atoms with Crippen LogP contribution < -0.4 is 0 Å². The zero-order valence-corrected chi connectivity index (χ0v) is 26.0. The second-order valence-electron chi connectivity index (χ2n) is 12.1. The monoisotopic (exact) mass is 596 g/mol. The molecule has 0 N–H and O–H groups in total. The molecule has 0 radical (unpaired) electrons. The molecule has 5 atom stereocenters. The fourth-order valence-electron chi connectivity index (χ4n) is 5.69. The van der Waals surface area contributed by atoms with Gasteiger partial charge in [-0.05, 0) is 59.7 Å². The summed E-state index contributed by atoms with van der Waals surface area (Å²) in [5, 5.41) is 8.83. The molecular formula is C30H44N8O5. The van der Waals surface area contributed by atoms with E-state index in [1.54, 1.807) is 17.9 Å². The predicted octanol–water partition coefficient (Wildman–Crippen LogP) is 2.29.